The van der Waals surface area contributed by atoms with E-state index in [1.165, 1.54) is 6.07 Å². The molecule has 5 heteroatoms. The molecular formula is C15H13ClF3N. The van der Waals surface area contributed by atoms with Gasteiger partial charge >= 0.3 is 6.18 Å². The maximum atomic E-state index is 12.5. The van der Waals surface area contributed by atoms with Crippen molar-refractivity contribution in [2.75, 3.05) is 5.32 Å². The van der Waals surface area contributed by atoms with E-state index >= 15 is 0 Å². The molecule has 0 aromatic heterocycles. The van der Waals surface area contributed by atoms with Crippen LogP contribution in [0.5, 0.6) is 0 Å². The molecule has 0 spiro atoms. The molecule has 0 heterocycles. The Balaban J connectivity index is 2.11. The number of hydrogen-bond acceptors (Lipinski definition) is 1. The lowest BCUT2D eigenvalue weighted by molar-refractivity contribution is -0.137. The summed E-state index contributed by atoms with van der Waals surface area (Å²) in [4.78, 5) is 0. The van der Waals surface area contributed by atoms with Crippen LogP contribution in [0.2, 0.25) is 5.02 Å². The summed E-state index contributed by atoms with van der Waals surface area (Å²) < 4.78 is 37.5. The van der Waals surface area contributed by atoms with Crippen molar-refractivity contribution in [2.45, 2.75) is 19.6 Å². The molecule has 1 N–H and O–H groups in total. The van der Waals surface area contributed by atoms with E-state index < -0.39 is 11.7 Å². The highest BCUT2D eigenvalue weighted by Gasteiger charge is 2.30. The molecule has 0 fully saturated rings. The number of hydrogen-bond donors (Lipinski definition) is 1. The quantitative estimate of drug-likeness (QED) is 0.813. The summed E-state index contributed by atoms with van der Waals surface area (Å²) in [5.74, 6) is 0. The van der Waals surface area contributed by atoms with Crippen LogP contribution in [-0.2, 0) is 12.7 Å². The Labute approximate surface area is 120 Å². The monoisotopic (exact) mass is 299 g/mol. The lowest BCUT2D eigenvalue weighted by Gasteiger charge is -2.12. The van der Waals surface area contributed by atoms with Crippen molar-refractivity contribution in [2.24, 2.45) is 0 Å². The third kappa shape index (κ3) is 3.67. The van der Waals surface area contributed by atoms with Gasteiger partial charge in [-0.15, -0.1) is 0 Å². The topological polar surface area (TPSA) is 12.0 Å². The molecule has 2 aromatic rings. The Morgan fingerprint density at radius 3 is 2.45 bits per heavy atom. The first-order valence-electron chi connectivity index (χ1n) is 6.02. The van der Waals surface area contributed by atoms with E-state index in [1.807, 2.05) is 31.2 Å². The molecule has 0 saturated heterocycles. The number of benzene rings is 2. The molecule has 0 unspecified atom stereocenters. The normalized spacial score (nSPS) is 11.4. The van der Waals surface area contributed by atoms with Gasteiger partial charge in [0.25, 0.3) is 0 Å². The summed E-state index contributed by atoms with van der Waals surface area (Å²) in [6.07, 6.45) is -4.38. The highest BCUT2D eigenvalue weighted by Crippen LogP contribution is 2.33. The van der Waals surface area contributed by atoms with Crippen molar-refractivity contribution >= 4 is 17.3 Å². The predicted molar refractivity (Wildman–Crippen MR) is 75.0 cm³/mol. The first-order valence-corrected chi connectivity index (χ1v) is 6.40. The Morgan fingerprint density at radius 1 is 1.10 bits per heavy atom. The fourth-order valence-corrected chi connectivity index (χ4v) is 2.10. The summed E-state index contributed by atoms with van der Waals surface area (Å²) in [5, 5.41) is 3.10. The van der Waals surface area contributed by atoms with Crippen LogP contribution < -0.4 is 5.32 Å². The van der Waals surface area contributed by atoms with E-state index in [0.29, 0.717) is 12.2 Å². The molecule has 0 bridgehead atoms. The van der Waals surface area contributed by atoms with E-state index in [1.54, 1.807) is 0 Å². The Morgan fingerprint density at radius 2 is 1.85 bits per heavy atom. The average molecular weight is 300 g/mol. The Hall–Kier alpha value is -1.68. The van der Waals surface area contributed by atoms with Gasteiger partial charge < -0.3 is 5.32 Å². The van der Waals surface area contributed by atoms with Gasteiger partial charge in [-0.3, -0.25) is 0 Å². The van der Waals surface area contributed by atoms with Gasteiger partial charge in [-0.2, -0.15) is 13.2 Å². The van der Waals surface area contributed by atoms with Crippen LogP contribution in [0.4, 0.5) is 18.9 Å². The average Bonchev–Trinajstić information content (AvgIpc) is 2.36. The molecule has 2 rings (SSSR count). The van der Waals surface area contributed by atoms with Crippen LogP contribution in [0.15, 0.2) is 42.5 Å². The summed E-state index contributed by atoms with van der Waals surface area (Å²) >= 11 is 5.87. The van der Waals surface area contributed by atoms with Crippen molar-refractivity contribution in [1.82, 2.24) is 0 Å². The van der Waals surface area contributed by atoms with Crippen molar-refractivity contribution < 1.29 is 13.2 Å². The van der Waals surface area contributed by atoms with Crippen molar-refractivity contribution in [3.05, 3.63) is 64.2 Å². The van der Waals surface area contributed by atoms with Gasteiger partial charge in [0.2, 0.25) is 0 Å². The fraction of sp³-hybridized carbons (Fsp3) is 0.200. The van der Waals surface area contributed by atoms with Crippen molar-refractivity contribution in [1.29, 1.82) is 0 Å². The van der Waals surface area contributed by atoms with Gasteiger partial charge in [0.1, 0.15) is 0 Å². The third-order valence-corrected chi connectivity index (χ3v) is 3.17. The minimum absolute atomic E-state index is 0.0625. The van der Waals surface area contributed by atoms with E-state index in [9.17, 15) is 13.2 Å². The van der Waals surface area contributed by atoms with Crippen LogP contribution in [0.25, 0.3) is 0 Å². The van der Waals surface area contributed by atoms with Crippen molar-refractivity contribution in [3.8, 4) is 0 Å². The van der Waals surface area contributed by atoms with Crippen LogP contribution >= 0.6 is 11.6 Å². The summed E-state index contributed by atoms with van der Waals surface area (Å²) in [7, 11) is 0. The molecule has 106 valence electrons. The molecule has 0 atom stereocenters. The SMILES string of the molecule is Cc1cccc(CNc2ccc(C(F)(F)F)cc2Cl)c1. The van der Waals surface area contributed by atoms with Gasteiger partial charge in [-0.1, -0.05) is 41.4 Å². The Bertz CT molecular complexity index is 608. The second-order valence-electron chi connectivity index (χ2n) is 4.53. The molecule has 0 aliphatic heterocycles. The van der Waals surface area contributed by atoms with Gasteiger partial charge in [-0.05, 0) is 30.7 Å². The minimum Gasteiger partial charge on any atom is -0.380 e. The number of rotatable bonds is 3. The first kappa shape index (κ1) is 14.7. The summed E-state index contributed by atoms with van der Waals surface area (Å²) in [5.41, 5.74) is 1.91. The molecule has 0 saturated carbocycles. The van der Waals surface area contributed by atoms with Crippen LogP contribution in [-0.4, -0.2) is 0 Å². The largest absolute Gasteiger partial charge is 0.416 e. The second-order valence-corrected chi connectivity index (χ2v) is 4.94. The van der Waals surface area contributed by atoms with Gasteiger partial charge in [-0.25, -0.2) is 0 Å². The maximum Gasteiger partial charge on any atom is 0.416 e. The molecule has 0 aliphatic carbocycles. The fourth-order valence-electron chi connectivity index (χ4n) is 1.85. The lowest BCUT2D eigenvalue weighted by Crippen LogP contribution is -2.06. The van der Waals surface area contributed by atoms with E-state index in [2.05, 4.69) is 5.32 Å². The molecule has 0 radical (unpaired) electrons. The molecule has 0 amide bonds. The highest BCUT2D eigenvalue weighted by molar-refractivity contribution is 6.33. The summed E-state index contributed by atoms with van der Waals surface area (Å²) in [6, 6.07) is 11.2. The smallest absolute Gasteiger partial charge is 0.380 e. The lowest BCUT2D eigenvalue weighted by atomic mass is 10.1. The molecular weight excluding hydrogens is 287 g/mol. The standard InChI is InChI=1S/C15H13ClF3N/c1-10-3-2-4-11(7-10)9-20-14-6-5-12(8-13(14)16)15(17,18)19/h2-8,20H,9H2,1H3. The minimum atomic E-state index is -4.38. The number of nitrogens with one attached hydrogen (secondary N) is 1. The molecule has 20 heavy (non-hydrogen) atoms. The number of anilines is 1. The highest BCUT2D eigenvalue weighted by atomic mass is 35.5. The van der Waals surface area contributed by atoms with E-state index in [-0.39, 0.29) is 5.02 Å². The molecule has 2 aromatic carbocycles. The summed E-state index contributed by atoms with van der Waals surface area (Å²) in [6.45, 7) is 2.49. The Kier molecular flexibility index (Phi) is 4.23. The first-order chi connectivity index (χ1) is 9.36. The van der Waals surface area contributed by atoms with Gasteiger partial charge in [0, 0.05) is 6.54 Å². The zero-order valence-corrected chi connectivity index (χ0v) is 11.5. The van der Waals surface area contributed by atoms with Crippen LogP contribution in [0.1, 0.15) is 16.7 Å². The second kappa shape index (κ2) is 5.75. The van der Waals surface area contributed by atoms with Gasteiger partial charge in [0.05, 0.1) is 16.3 Å². The van der Waals surface area contributed by atoms with Crippen molar-refractivity contribution in [3.63, 3.8) is 0 Å². The van der Waals surface area contributed by atoms with Crippen LogP contribution in [0.3, 0.4) is 0 Å². The number of aryl methyl sites for hydroxylation is 1. The molecule has 0 aliphatic rings. The maximum absolute atomic E-state index is 12.5. The van der Waals surface area contributed by atoms with Gasteiger partial charge in [0.15, 0.2) is 0 Å². The van der Waals surface area contributed by atoms with E-state index in [0.717, 1.165) is 23.3 Å². The zero-order valence-electron chi connectivity index (χ0n) is 10.8. The number of alkyl halides is 3. The predicted octanol–water partition coefficient (Wildman–Crippen LogP) is 5.28. The van der Waals surface area contributed by atoms with Crippen LogP contribution in [0, 0.1) is 6.92 Å². The van der Waals surface area contributed by atoms with E-state index in [4.69, 9.17) is 11.6 Å². The molecule has 1 nitrogen and oxygen atoms in total. The zero-order chi connectivity index (χ0) is 14.8. The third-order valence-electron chi connectivity index (χ3n) is 2.86. The number of halogens is 4.